The normalized spacial score (nSPS) is 13.3. The van der Waals surface area contributed by atoms with Gasteiger partial charge in [-0.25, -0.2) is 0 Å². The van der Waals surface area contributed by atoms with Crippen molar-refractivity contribution in [2.75, 3.05) is 23.3 Å². The number of anilines is 2. The van der Waals surface area contributed by atoms with E-state index >= 15 is 0 Å². The molecule has 4 rings (SSSR count). The van der Waals surface area contributed by atoms with Crippen molar-refractivity contribution >= 4 is 23.3 Å². The van der Waals surface area contributed by atoms with E-state index in [1.165, 1.54) is 12.8 Å². The van der Waals surface area contributed by atoms with E-state index < -0.39 is 5.91 Å². The molecule has 3 heterocycles. The number of nitrogens with two attached hydrogens (primary N) is 1. The number of aryl methyl sites for hydroxylation is 2. The largest absolute Gasteiger partial charge is 0.371 e. The SMILES string of the molecule is Cc1ccc(C(=O)Nc2cc(C(C)(C)C)n(C)n2)cc1.NC(=O)c1cc(N2CCCC2)ccn1. The van der Waals surface area contributed by atoms with E-state index in [2.05, 4.69) is 41.1 Å². The molecule has 34 heavy (non-hydrogen) atoms. The predicted octanol–water partition coefficient (Wildman–Crippen LogP) is 4.06. The van der Waals surface area contributed by atoms with Crippen molar-refractivity contribution in [1.82, 2.24) is 14.8 Å². The van der Waals surface area contributed by atoms with E-state index in [1.54, 1.807) is 12.3 Å². The third-order valence-corrected chi connectivity index (χ3v) is 5.67. The molecule has 0 atom stereocenters. The maximum Gasteiger partial charge on any atom is 0.267 e. The number of nitrogens with one attached hydrogen (secondary N) is 1. The quantitative estimate of drug-likeness (QED) is 0.608. The van der Waals surface area contributed by atoms with E-state index in [4.69, 9.17) is 5.73 Å². The van der Waals surface area contributed by atoms with Gasteiger partial charge in [-0.15, -0.1) is 0 Å². The lowest BCUT2D eigenvalue weighted by molar-refractivity contribution is 0.0993. The average molecular weight is 463 g/mol. The first-order valence-electron chi connectivity index (χ1n) is 11.5. The Morgan fingerprint density at radius 3 is 2.24 bits per heavy atom. The van der Waals surface area contributed by atoms with Crippen LogP contribution in [0.5, 0.6) is 0 Å². The van der Waals surface area contributed by atoms with Gasteiger partial charge >= 0.3 is 0 Å². The molecule has 1 aromatic carbocycles. The molecule has 1 aliphatic rings. The van der Waals surface area contributed by atoms with Gasteiger partial charge in [0.1, 0.15) is 5.69 Å². The summed E-state index contributed by atoms with van der Waals surface area (Å²) < 4.78 is 1.81. The fraction of sp³-hybridized carbons (Fsp3) is 0.385. The fourth-order valence-electron chi connectivity index (χ4n) is 3.85. The molecule has 180 valence electrons. The molecular formula is C26H34N6O2. The summed E-state index contributed by atoms with van der Waals surface area (Å²) in [5, 5.41) is 7.18. The lowest BCUT2D eigenvalue weighted by Gasteiger charge is -2.17. The van der Waals surface area contributed by atoms with Gasteiger partial charge in [-0.05, 0) is 44.0 Å². The van der Waals surface area contributed by atoms with Crippen LogP contribution in [0, 0.1) is 6.92 Å². The first-order chi connectivity index (χ1) is 16.0. The summed E-state index contributed by atoms with van der Waals surface area (Å²) in [5.41, 5.74) is 9.40. The summed E-state index contributed by atoms with van der Waals surface area (Å²) in [4.78, 5) is 29.2. The fourth-order valence-corrected chi connectivity index (χ4v) is 3.85. The maximum absolute atomic E-state index is 12.1. The third kappa shape index (κ3) is 6.43. The van der Waals surface area contributed by atoms with Crippen LogP contribution in [-0.4, -0.2) is 39.7 Å². The number of hydrogen-bond donors (Lipinski definition) is 2. The Bertz CT molecular complexity index is 1140. The van der Waals surface area contributed by atoms with Crippen LogP contribution in [0.3, 0.4) is 0 Å². The summed E-state index contributed by atoms with van der Waals surface area (Å²) in [6, 6.07) is 13.1. The molecule has 0 unspecified atom stereocenters. The van der Waals surface area contributed by atoms with Crippen molar-refractivity contribution < 1.29 is 9.59 Å². The van der Waals surface area contributed by atoms with Crippen molar-refractivity contribution in [3.05, 3.63) is 71.2 Å². The highest BCUT2D eigenvalue weighted by molar-refractivity contribution is 6.03. The smallest absolute Gasteiger partial charge is 0.267 e. The van der Waals surface area contributed by atoms with Gasteiger partial charge in [0.05, 0.1) is 0 Å². The molecule has 1 fully saturated rings. The number of primary amides is 1. The summed E-state index contributed by atoms with van der Waals surface area (Å²) in [6.45, 7) is 10.5. The molecule has 0 saturated carbocycles. The van der Waals surface area contributed by atoms with Gasteiger partial charge in [-0.3, -0.25) is 19.3 Å². The maximum atomic E-state index is 12.1. The second-order valence-electron chi connectivity index (χ2n) is 9.57. The molecule has 0 aliphatic carbocycles. The van der Waals surface area contributed by atoms with Gasteiger partial charge in [0, 0.05) is 54.8 Å². The van der Waals surface area contributed by atoms with Crippen LogP contribution in [0.4, 0.5) is 11.5 Å². The first kappa shape index (κ1) is 25.0. The van der Waals surface area contributed by atoms with Crippen molar-refractivity contribution in [2.45, 2.75) is 46.0 Å². The molecule has 0 radical (unpaired) electrons. The molecule has 1 aliphatic heterocycles. The molecule has 0 bridgehead atoms. The number of carbonyl (C=O) groups is 2. The Labute approximate surface area is 201 Å². The Kier molecular flexibility index (Phi) is 7.71. The highest BCUT2D eigenvalue weighted by Crippen LogP contribution is 2.24. The zero-order valence-corrected chi connectivity index (χ0v) is 20.6. The molecule has 0 spiro atoms. The third-order valence-electron chi connectivity index (χ3n) is 5.67. The molecule has 3 N–H and O–H groups in total. The number of rotatable bonds is 4. The molecule has 2 amide bonds. The molecule has 8 heteroatoms. The van der Waals surface area contributed by atoms with Gasteiger partial charge in [-0.2, -0.15) is 5.10 Å². The minimum absolute atomic E-state index is 0.00537. The van der Waals surface area contributed by atoms with Gasteiger partial charge < -0.3 is 16.0 Å². The van der Waals surface area contributed by atoms with E-state index in [1.807, 2.05) is 55.1 Å². The number of aromatic nitrogens is 3. The lowest BCUT2D eigenvalue weighted by atomic mass is 9.92. The van der Waals surface area contributed by atoms with Crippen molar-refractivity contribution in [3.8, 4) is 0 Å². The summed E-state index contributed by atoms with van der Waals surface area (Å²) in [5.74, 6) is -0.0161. The lowest BCUT2D eigenvalue weighted by Crippen LogP contribution is -2.19. The minimum atomic E-state index is -0.467. The van der Waals surface area contributed by atoms with Crippen molar-refractivity contribution in [1.29, 1.82) is 0 Å². The van der Waals surface area contributed by atoms with Gasteiger partial charge in [-0.1, -0.05) is 38.5 Å². The van der Waals surface area contributed by atoms with Crippen LogP contribution in [0.25, 0.3) is 0 Å². The summed E-state index contributed by atoms with van der Waals surface area (Å²) >= 11 is 0. The van der Waals surface area contributed by atoms with Gasteiger partial charge in [0.2, 0.25) is 0 Å². The number of pyridine rings is 1. The van der Waals surface area contributed by atoms with E-state index in [9.17, 15) is 9.59 Å². The molecule has 3 aromatic rings. The van der Waals surface area contributed by atoms with Crippen LogP contribution in [-0.2, 0) is 12.5 Å². The van der Waals surface area contributed by atoms with Gasteiger partial charge in [0.25, 0.3) is 11.8 Å². The molecule has 8 nitrogen and oxygen atoms in total. The number of carbonyl (C=O) groups excluding carboxylic acids is 2. The monoisotopic (exact) mass is 462 g/mol. The zero-order chi connectivity index (χ0) is 24.9. The number of amides is 2. The Balaban J connectivity index is 0.000000202. The standard InChI is InChI=1S/C16H21N3O.C10H13N3O/c1-11-6-8-12(9-7-11)15(20)17-14-10-13(16(2,3)4)19(5)18-14;11-10(14)9-7-8(3-4-12-9)13-5-1-2-6-13/h6-10H,1-5H3,(H,17,18,20);3-4,7H,1-2,5-6H2,(H2,11,14). The van der Waals surface area contributed by atoms with Crippen molar-refractivity contribution in [3.63, 3.8) is 0 Å². The van der Waals surface area contributed by atoms with Crippen LogP contribution in [0.15, 0.2) is 48.7 Å². The minimum Gasteiger partial charge on any atom is -0.371 e. The Morgan fingerprint density at radius 2 is 1.68 bits per heavy atom. The van der Waals surface area contributed by atoms with Crippen molar-refractivity contribution in [2.24, 2.45) is 12.8 Å². The van der Waals surface area contributed by atoms with Gasteiger partial charge in [0.15, 0.2) is 5.82 Å². The highest BCUT2D eigenvalue weighted by atomic mass is 16.2. The Morgan fingerprint density at radius 1 is 1.03 bits per heavy atom. The first-order valence-corrected chi connectivity index (χ1v) is 11.5. The zero-order valence-electron chi connectivity index (χ0n) is 20.6. The second kappa shape index (κ2) is 10.5. The predicted molar refractivity (Wildman–Crippen MR) is 135 cm³/mol. The van der Waals surface area contributed by atoms with E-state index in [0.29, 0.717) is 17.1 Å². The van der Waals surface area contributed by atoms with E-state index in [0.717, 1.165) is 30.0 Å². The van der Waals surface area contributed by atoms with Crippen LogP contribution in [0.1, 0.15) is 65.7 Å². The Hall–Kier alpha value is -3.68. The average Bonchev–Trinajstić information content (AvgIpc) is 3.44. The second-order valence-corrected chi connectivity index (χ2v) is 9.57. The highest BCUT2D eigenvalue weighted by Gasteiger charge is 2.20. The number of hydrogen-bond acceptors (Lipinski definition) is 5. The molecule has 1 saturated heterocycles. The van der Waals surface area contributed by atoms with E-state index in [-0.39, 0.29) is 11.3 Å². The number of nitrogens with zero attached hydrogens (tertiary/aromatic N) is 4. The summed E-state index contributed by atoms with van der Waals surface area (Å²) in [6.07, 6.45) is 4.07. The van der Waals surface area contributed by atoms with Crippen LogP contribution < -0.4 is 16.0 Å². The molecular weight excluding hydrogens is 428 g/mol. The molecule has 2 aromatic heterocycles. The number of benzene rings is 1. The van der Waals surface area contributed by atoms with Crippen LogP contribution >= 0.6 is 0 Å². The van der Waals surface area contributed by atoms with Crippen LogP contribution in [0.2, 0.25) is 0 Å². The summed E-state index contributed by atoms with van der Waals surface area (Å²) in [7, 11) is 1.89. The topological polar surface area (TPSA) is 106 Å².